The van der Waals surface area contributed by atoms with Gasteiger partial charge in [-0.05, 0) is 167 Å². The van der Waals surface area contributed by atoms with Crippen LogP contribution in [0, 0.1) is 34.6 Å². The molecule has 0 atom stereocenters. The van der Waals surface area contributed by atoms with Crippen molar-refractivity contribution in [2.75, 3.05) is 9.80 Å². The molecule has 0 spiro atoms. The Bertz CT molecular complexity index is 4040. The summed E-state index contributed by atoms with van der Waals surface area (Å²) >= 11 is 0. The Morgan fingerprint density at radius 3 is 1.71 bits per heavy atom. The summed E-state index contributed by atoms with van der Waals surface area (Å²) in [5, 5.41) is 4.81. The van der Waals surface area contributed by atoms with Gasteiger partial charge in [-0.3, -0.25) is 0 Å². The molecule has 5 heteroatoms. The second-order valence-electron chi connectivity index (χ2n) is 22.9. The highest BCUT2D eigenvalue weighted by molar-refractivity contribution is 7.00. The van der Waals surface area contributed by atoms with Crippen molar-refractivity contribution in [3.05, 3.63) is 203 Å². The van der Waals surface area contributed by atoms with Crippen molar-refractivity contribution in [2.45, 2.75) is 87.0 Å². The van der Waals surface area contributed by atoms with Gasteiger partial charge in [0.05, 0.1) is 22.4 Å². The first kappa shape index (κ1) is 44.2. The van der Waals surface area contributed by atoms with Crippen LogP contribution in [0.5, 0.6) is 0 Å². The lowest BCUT2D eigenvalue weighted by Gasteiger charge is -2.46. The summed E-state index contributed by atoms with van der Waals surface area (Å²) in [7, 11) is 0. The van der Waals surface area contributed by atoms with Crippen LogP contribution in [0.25, 0.3) is 60.6 Å². The largest absolute Gasteiger partial charge is 0.455 e. The molecule has 0 radical (unpaired) electrons. The van der Waals surface area contributed by atoms with E-state index in [0.717, 1.165) is 38.8 Å². The van der Waals surface area contributed by atoms with Gasteiger partial charge >= 0.3 is 0 Å². The molecule has 72 heavy (non-hydrogen) atoms. The predicted molar refractivity (Wildman–Crippen MR) is 309 cm³/mol. The molecular formula is C67H60BN3O. The molecule has 0 N–H and O–H groups in total. The number of rotatable bonds is 4. The van der Waals surface area contributed by atoms with Crippen LogP contribution in [-0.4, -0.2) is 11.3 Å². The Morgan fingerprint density at radius 2 is 1.01 bits per heavy atom. The van der Waals surface area contributed by atoms with Crippen molar-refractivity contribution in [2.24, 2.45) is 0 Å². The Morgan fingerprint density at radius 1 is 0.431 bits per heavy atom. The van der Waals surface area contributed by atoms with E-state index in [9.17, 15) is 0 Å². The van der Waals surface area contributed by atoms with E-state index in [4.69, 9.17) is 4.42 Å². The standard InChI is InChI=1S/C67H60BN3O/c1-39-31-59-62-60(32-39)71(64-42(4)33-44(34-43(64)5)48-24-18-25-51-50-23-15-16-26-61(50)72-65(48)51)58-38-56-52(49-29-27-45(66(6,7)8)35-55(49)69(56)47-21-13-12-14-22-47)37-54(58)68(62)53-30-28-46(67(9,10)11)36-57(53)70(59)63-40(2)19-17-20-41(63)3/h12-38H,1-11H3. The fraction of sp³-hybridized carbons (Fsp3) is 0.194. The topological polar surface area (TPSA) is 24.6 Å². The third-order valence-electron chi connectivity index (χ3n) is 15.9. The van der Waals surface area contributed by atoms with Gasteiger partial charge in [0.1, 0.15) is 11.2 Å². The summed E-state index contributed by atoms with van der Waals surface area (Å²) in [5.41, 5.74) is 27.8. The molecule has 0 fully saturated rings. The molecule has 0 bridgehead atoms. The SMILES string of the molecule is Cc1cc2c3c(c1)N(c1c(C)cc(-c4cccc5c4oc4ccccc45)cc1C)c1cc4c(cc1B3c1ccc(C(C)(C)C)cc1N2c1c(C)cccc1C)c1ccc(C(C)(C)C)cc1n4-c1ccccc1. The van der Waals surface area contributed by atoms with Gasteiger partial charge in [-0.25, -0.2) is 0 Å². The summed E-state index contributed by atoms with van der Waals surface area (Å²) in [4.78, 5) is 5.25. The van der Waals surface area contributed by atoms with E-state index in [2.05, 4.69) is 254 Å². The predicted octanol–water partition coefficient (Wildman–Crippen LogP) is 16.6. The zero-order valence-electron chi connectivity index (χ0n) is 43.4. The third kappa shape index (κ3) is 6.52. The van der Waals surface area contributed by atoms with E-state index < -0.39 is 0 Å². The first-order valence-electron chi connectivity index (χ1n) is 25.7. The highest BCUT2D eigenvalue weighted by atomic mass is 16.3. The van der Waals surface area contributed by atoms with Crippen molar-refractivity contribution in [3.8, 4) is 16.8 Å². The van der Waals surface area contributed by atoms with Gasteiger partial charge in [-0.1, -0.05) is 145 Å². The molecule has 0 amide bonds. The minimum absolute atomic E-state index is 0.0195. The molecule has 0 aliphatic carbocycles. The summed E-state index contributed by atoms with van der Waals surface area (Å²) in [5.74, 6) is 0. The van der Waals surface area contributed by atoms with Crippen LogP contribution in [-0.2, 0) is 10.8 Å². The lowest BCUT2D eigenvalue weighted by atomic mass is 9.33. The normalized spacial score (nSPS) is 13.4. The van der Waals surface area contributed by atoms with E-state index in [0.29, 0.717) is 0 Å². The Kier molecular flexibility index (Phi) is 9.59. The number of hydrogen-bond donors (Lipinski definition) is 0. The average molecular weight is 934 g/mol. The number of hydrogen-bond acceptors (Lipinski definition) is 3. The first-order valence-corrected chi connectivity index (χ1v) is 25.7. The minimum Gasteiger partial charge on any atom is -0.455 e. The minimum atomic E-state index is -0.0463. The van der Waals surface area contributed by atoms with Crippen LogP contribution in [0.2, 0.25) is 0 Å². The molecular weight excluding hydrogens is 874 g/mol. The molecule has 13 rings (SSSR count). The number of furan rings is 1. The number of aryl methyl sites for hydroxylation is 5. The van der Waals surface area contributed by atoms with Crippen LogP contribution in [0.3, 0.4) is 0 Å². The maximum absolute atomic E-state index is 6.65. The Labute approximate surface area is 424 Å². The van der Waals surface area contributed by atoms with Gasteiger partial charge in [0, 0.05) is 55.5 Å². The molecule has 9 aromatic carbocycles. The van der Waals surface area contributed by atoms with Crippen LogP contribution in [0.1, 0.15) is 80.5 Å². The van der Waals surface area contributed by atoms with E-state index in [-0.39, 0.29) is 17.5 Å². The van der Waals surface area contributed by atoms with Crippen LogP contribution in [0.4, 0.5) is 34.1 Å². The molecule has 0 unspecified atom stereocenters. The smallest absolute Gasteiger partial charge is 0.252 e. The molecule has 2 aliphatic rings. The van der Waals surface area contributed by atoms with Crippen molar-refractivity contribution in [1.29, 1.82) is 0 Å². The fourth-order valence-corrected chi connectivity index (χ4v) is 12.5. The second kappa shape index (κ2) is 15.6. The lowest BCUT2D eigenvalue weighted by molar-refractivity contribution is 0.590. The van der Waals surface area contributed by atoms with Gasteiger partial charge in [-0.2, -0.15) is 0 Å². The maximum atomic E-state index is 6.65. The molecule has 4 nitrogen and oxygen atoms in total. The maximum Gasteiger partial charge on any atom is 0.252 e. The second-order valence-corrected chi connectivity index (χ2v) is 22.9. The van der Waals surface area contributed by atoms with E-state index in [1.807, 2.05) is 0 Å². The zero-order valence-corrected chi connectivity index (χ0v) is 43.4. The number of para-hydroxylation sites is 4. The molecule has 352 valence electrons. The van der Waals surface area contributed by atoms with Gasteiger partial charge in [0.2, 0.25) is 0 Å². The molecule has 0 saturated heterocycles. The van der Waals surface area contributed by atoms with E-state index in [1.54, 1.807) is 0 Å². The summed E-state index contributed by atoms with van der Waals surface area (Å²) in [6, 6.07) is 62.0. The first-order chi connectivity index (χ1) is 34.5. The van der Waals surface area contributed by atoms with Gasteiger partial charge < -0.3 is 18.8 Å². The summed E-state index contributed by atoms with van der Waals surface area (Å²) in [6.45, 7) is 25.4. The van der Waals surface area contributed by atoms with Crippen LogP contribution >= 0.6 is 0 Å². The van der Waals surface area contributed by atoms with Gasteiger partial charge in [0.25, 0.3) is 6.71 Å². The molecule has 2 aliphatic heterocycles. The van der Waals surface area contributed by atoms with Crippen molar-refractivity contribution in [3.63, 3.8) is 0 Å². The fourth-order valence-electron chi connectivity index (χ4n) is 12.5. The van der Waals surface area contributed by atoms with E-state index in [1.165, 1.54) is 111 Å². The zero-order chi connectivity index (χ0) is 49.7. The molecule has 11 aromatic rings. The van der Waals surface area contributed by atoms with Gasteiger partial charge in [-0.15, -0.1) is 0 Å². The lowest BCUT2D eigenvalue weighted by Crippen LogP contribution is -2.61. The van der Waals surface area contributed by atoms with E-state index >= 15 is 0 Å². The van der Waals surface area contributed by atoms with Crippen LogP contribution < -0.4 is 26.2 Å². The molecule has 0 saturated carbocycles. The Balaban J connectivity index is 1.15. The summed E-state index contributed by atoms with van der Waals surface area (Å²) in [6.07, 6.45) is 0. The number of nitrogens with zero attached hydrogens (tertiary/aromatic N) is 3. The summed E-state index contributed by atoms with van der Waals surface area (Å²) < 4.78 is 9.17. The number of fused-ring (bicyclic) bond motifs is 10. The molecule has 2 aromatic heterocycles. The third-order valence-corrected chi connectivity index (χ3v) is 15.9. The monoisotopic (exact) mass is 933 g/mol. The van der Waals surface area contributed by atoms with Crippen molar-refractivity contribution in [1.82, 2.24) is 4.57 Å². The number of anilines is 6. The highest BCUT2D eigenvalue weighted by Gasteiger charge is 2.45. The van der Waals surface area contributed by atoms with Crippen molar-refractivity contribution < 1.29 is 4.42 Å². The quantitative estimate of drug-likeness (QED) is 0.164. The van der Waals surface area contributed by atoms with Gasteiger partial charge in [0.15, 0.2) is 0 Å². The molecule has 4 heterocycles. The Hall–Kier alpha value is -7.76. The highest BCUT2D eigenvalue weighted by Crippen LogP contribution is 2.50. The number of benzene rings is 9. The number of aromatic nitrogens is 1. The van der Waals surface area contributed by atoms with Crippen LogP contribution in [0.15, 0.2) is 168 Å². The average Bonchev–Trinajstić information content (AvgIpc) is 3.89. The van der Waals surface area contributed by atoms with Crippen molar-refractivity contribution >= 4 is 101 Å².